The molecule has 0 unspecified atom stereocenters. The SMILES string of the molecule is C=NC(CCC)(c1ccccc1N(CC)CC)c1ccccc1N(CC)CC. The third-order valence-corrected chi connectivity index (χ3v) is 5.79. The number of para-hydroxylation sites is 2. The normalized spacial score (nSPS) is 11.3. The first-order chi connectivity index (χ1) is 13.6. The monoisotopic (exact) mass is 379 g/mol. The van der Waals surface area contributed by atoms with Crippen LogP contribution in [0.4, 0.5) is 11.4 Å². The van der Waals surface area contributed by atoms with E-state index in [0.29, 0.717) is 0 Å². The summed E-state index contributed by atoms with van der Waals surface area (Å²) in [5, 5.41) is 0. The maximum Gasteiger partial charge on any atom is 0.114 e. The summed E-state index contributed by atoms with van der Waals surface area (Å²) in [4.78, 5) is 9.71. The van der Waals surface area contributed by atoms with E-state index in [2.05, 4.69) is 99.7 Å². The predicted octanol–water partition coefficient (Wildman–Crippen LogP) is 6.12. The van der Waals surface area contributed by atoms with Crippen molar-refractivity contribution in [3.8, 4) is 0 Å². The minimum absolute atomic E-state index is 0.451. The fourth-order valence-electron chi connectivity index (χ4n) is 4.35. The summed E-state index contributed by atoms with van der Waals surface area (Å²) >= 11 is 0. The molecule has 3 heteroatoms. The Bertz CT molecular complexity index is 689. The van der Waals surface area contributed by atoms with Gasteiger partial charge in [0.1, 0.15) is 5.54 Å². The van der Waals surface area contributed by atoms with Crippen molar-refractivity contribution in [1.29, 1.82) is 0 Å². The molecule has 0 bridgehead atoms. The average Bonchev–Trinajstić information content (AvgIpc) is 2.75. The highest BCUT2D eigenvalue weighted by Crippen LogP contribution is 2.46. The van der Waals surface area contributed by atoms with Crippen molar-refractivity contribution < 1.29 is 0 Å². The molecule has 0 aromatic heterocycles. The van der Waals surface area contributed by atoms with Crippen molar-refractivity contribution in [3.63, 3.8) is 0 Å². The van der Waals surface area contributed by atoms with E-state index < -0.39 is 5.54 Å². The van der Waals surface area contributed by atoms with Gasteiger partial charge in [0.2, 0.25) is 0 Å². The molecule has 2 aromatic rings. The van der Waals surface area contributed by atoms with Crippen LogP contribution < -0.4 is 9.80 Å². The zero-order valence-corrected chi connectivity index (χ0v) is 18.4. The van der Waals surface area contributed by atoms with Gasteiger partial charge >= 0.3 is 0 Å². The maximum atomic E-state index is 4.87. The Morgan fingerprint density at radius 2 is 1.11 bits per heavy atom. The first kappa shape index (κ1) is 22.0. The highest BCUT2D eigenvalue weighted by molar-refractivity contribution is 5.66. The zero-order chi connectivity index (χ0) is 20.6. The van der Waals surface area contributed by atoms with E-state index in [0.717, 1.165) is 39.0 Å². The lowest BCUT2D eigenvalue weighted by atomic mass is 9.77. The van der Waals surface area contributed by atoms with Gasteiger partial charge in [-0.1, -0.05) is 49.7 Å². The van der Waals surface area contributed by atoms with E-state index in [1.807, 2.05) is 0 Å². The molecule has 0 spiro atoms. The molecule has 28 heavy (non-hydrogen) atoms. The minimum Gasteiger partial charge on any atom is -0.372 e. The molecular formula is C25H37N3. The second-order valence-electron chi connectivity index (χ2n) is 7.15. The van der Waals surface area contributed by atoms with Crippen molar-refractivity contribution in [3.05, 3.63) is 59.7 Å². The fraction of sp³-hybridized carbons (Fsp3) is 0.480. The highest BCUT2D eigenvalue weighted by Gasteiger charge is 2.37. The molecule has 0 aliphatic carbocycles. The van der Waals surface area contributed by atoms with Crippen LogP contribution in [0.5, 0.6) is 0 Å². The Morgan fingerprint density at radius 3 is 1.43 bits per heavy atom. The van der Waals surface area contributed by atoms with Crippen LogP contribution in [0.15, 0.2) is 53.5 Å². The Labute approximate surface area is 172 Å². The topological polar surface area (TPSA) is 18.8 Å². The Morgan fingerprint density at radius 1 is 0.714 bits per heavy atom. The van der Waals surface area contributed by atoms with Gasteiger partial charge in [-0.3, -0.25) is 4.99 Å². The lowest BCUT2D eigenvalue weighted by molar-refractivity contribution is 0.490. The quantitative estimate of drug-likeness (QED) is 0.438. The second kappa shape index (κ2) is 10.3. The first-order valence-corrected chi connectivity index (χ1v) is 10.8. The van der Waals surface area contributed by atoms with Crippen LogP contribution >= 0.6 is 0 Å². The molecule has 0 radical (unpaired) electrons. The molecule has 0 amide bonds. The summed E-state index contributed by atoms with van der Waals surface area (Å²) in [6, 6.07) is 17.5. The van der Waals surface area contributed by atoms with Gasteiger partial charge in [-0.25, -0.2) is 0 Å². The summed E-state index contributed by atoms with van der Waals surface area (Å²) < 4.78 is 0. The molecule has 0 aliphatic rings. The summed E-state index contributed by atoms with van der Waals surface area (Å²) in [5.41, 5.74) is 4.60. The molecule has 2 aromatic carbocycles. The Hall–Kier alpha value is -2.29. The van der Waals surface area contributed by atoms with Crippen molar-refractivity contribution in [2.75, 3.05) is 36.0 Å². The molecule has 0 heterocycles. The van der Waals surface area contributed by atoms with Gasteiger partial charge in [-0.15, -0.1) is 0 Å². The zero-order valence-electron chi connectivity index (χ0n) is 18.4. The van der Waals surface area contributed by atoms with Crippen LogP contribution in [0.2, 0.25) is 0 Å². The third-order valence-electron chi connectivity index (χ3n) is 5.79. The first-order valence-electron chi connectivity index (χ1n) is 10.8. The number of hydrogen-bond acceptors (Lipinski definition) is 3. The van der Waals surface area contributed by atoms with Crippen LogP contribution in [0.1, 0.15) is 58.6 Å². The standard InChI is InChI=1S/C25H37N3/c1-7-20-25(26-6,21-16-12-14-18-23(21)27(8-2)9-3)22-17-13-15-19-24(22)28(10-4)11-5/h12-19H,6-11,20H2,1-5H3. The van der Waals surface area contributed by atoms with Crippen LogP contribution in [0, 0.1) is 0 Å². The smallest absolute Gasteiger partial charge is 0.114 e. The lowest BCUT2D eigenvalue weighted by Gasteiger charge is -2.38. The maximum absolute atomic E-state index is 4.87. The largest absolute Gasteiger partial charge is 0.372 e. The Balaban J connectivity index is 2.81. The third kappa shape index (κ3) is 4.09. The van der Waals surface area contributed by atoms with Crippen molar-refractivity contribution in [1.82, 2.24) is 0 Å². The van der Waals surface area contributed by atoms with Crippen LogP contribution in [-0.2, 0) is 5.54 Å². The van der Waals surface area contributed by atoms with Crippen molar-refractivity contribution in [2.24, 2.45) is 4.99 Å². The van der Waals surface area contributed by atoms with Gasteiger partial charge in [0.15, 0.2) is 0 Å². The number of benzene rings is 2. The summed E-state index contributed by atoms with van der Waals surface area (Å²) in [5.74, 6) is 0. The second-order valence-corrected chi connectivity index (χ2v) is 7.15. The molecule has 3 nitrogen and oxygen atoms in total. The van der Waals surface area contributed by atoms with E-state index in [1.165, 1.54) is 22.5 Å². The van der Waals surface area contributed by atoms with Gasteiger partial charge in [0.25, 0.3) is 0 Å². The molecule has 0 saturated carbocycles. The molecule has 0 N–H and O–H groups in total. The van der Waals surface area contributed by atoms with Gasteiger partial charge < -0.3 is 9.80 Å². The number of hydrogen-bond donors (Lipinski definition) is 0. The molecular weight excluding hydrogens is 342 g/mol. The van der Waals surface area contributed by atoms with E-state index in [1.54, 1.807) is 0 Å². The summed E-state index contributed by atoms with van der Waals surface area (Å²) in [6.45, 7) is 19.1. The van der Waals surface area contributed by atoms with Crippen LogP contribution in [0.25, 0.3) is 0 Å². The molecule has 0 atom stereocenters. The van der Waals surface area contributed by atoms with Crippen LogP contribution in [-0.4, -0.2) is 32.9 Å². The molecule has 152 valence electrons. The van der Waals surface area contributed by atoms with E-state index in [-0.39, 0.29) is 0 Å². The number of rotatable bonds is 11. The fourth-order valence-corrected chi connectivity index (χ4v) is 4.35. The van der Waals surface area contributed by atoms with Crippen LogP contribution in [0.3, 0.4) is 0 Å². The molecule has 0 aliphatic heterocycles. The molecule has 2 rings (SSSR count). The minimum atomic E-state index is -0.451. The van der Waals surface area contributed by atoms with Gasteiger partial charge in [-0.05, 0) is 53.0 Å². The highest BCUT2D eigenvalue weighted by atomic mass is 15.1. The van der Waals surface area contributed by atoms with Gasteiger partial charge in [0, 0.05) is 48.7 Å². The summed E-state index contributed by atoms with van der Waals surface area (Å²) in [6.07, 6.45) is 1.98. The average molecular weight is 380 g/mol. The van der Waals surface area contributed by atoms with E-state index in [4.69, 9.17) is 4.99 Å². The van der Waals surface area contributed by atoms with Gasteiger partial charge in [0.05, 0.1) is 0 Å². The molecule has 0 fully saturated rings. The van der Waals surface area contributed by atoms with E-state index in [9.17, 15) is 0 Å². The predicted molar refractivity (Wildman–Crippen MR) is 125 cm³/mol. The lowest BCUT2D eigenvalue weighted by Crippen LogP contribution is -2.33. The van der Waals surface area contributed by atoms with Crippen molar-refractivity contribution >= 4 is 18.1 Å². The number of aliphatic imine (C=N–C) groups is 1. The van der Waals surface area contributed by atoms with Crippen molar-refractivity contribution in [2.45, 2.75) is 53.0 Å². The van der Waals surface area contributed by atoms with Gasteiger partial charge in [-0.2, -0.15) is 0 Å². The van der Waals surface area contributed by atoms with E-state index >= 15 is 0 Å². The molecule has 0 saturated heterocycles. The number of nitrogens with zero attached hydrogens (tertiary/aromatic N) is 3. The number of anilines is 2. The Kier molecular flexibility index (Phi) is 8.10. The summed E-state index contributed by atoms with van der Waals surface area (Å²) in [7, 11) is 0.